The summed E-state index contributed by atoms with van der Waals surface area (Å²) in [6.07, 6.45) is 7.76. The van der Waals surface area contributed by atoms with Crippen LogP contribution in [-0.2, 0) is 0 Å². The van der Waals surface area contributed by atoms with Crippen LogP contribution in [0.4, 0.5) is 0 Å². The van der Waals surface area contributed by atoms with Crippen LogP contribution in [-0.4, -0.2) is 25.5 Å². The molecule has 0 unspecified atom stereocenters. The second kappa shape index (κ2) is 13.0. The Hall–Kier alpha value is -3.86. The molecule has 0 aliphatic heterocycles. The maximum atomic E-state index is 12.5. The largest absolute Gasteiger partial charge is 0.497 e. The van der Waals surface area contributed by atoms with Crippen LogP contribution >= 0.6 is 0 Å². The average Bonchev–Trinajstić information content (AvgIpc) is 2.88. The monoisotopic (exact) mass is 458 g/mol. The lowest BCUT2D eigenvalue weighted by molar-refractivity contribution is 0.0734. The maximum absolute atomic E-state index is 12.5. The summed E-state index contributed by atoms with van der Waals surface area (Å²) in [6, 6.07) is 20.9. The third-order valence-electron chi connectivity index (χ3n) is 5.23. The number of benzene rings is 3. The van der Waals surface area contributed by atoms with Crippen LogP contribution in [0.2, 0.25) is 0 Å². The number of hydrogen-bond acceptors (Lipinski definition) is 5. The van der Waals surface area contributed by atoms with Crippen molar-refractivity contribution in [3.05, 3.63) is 95.6 Å². The first kappa shape index (κ1) is 24.8. The minimum atomic E-state index is -0.454. The smallest absolute Gasteiger partial charge is 0.343 e. The van der Waals surface area contributed by atoms with E-state index in [2.05, 4.69) is 6.92 Å². The second-order valence-electron chi connectivity index (χ2n) is 7.82. The van der Waals surface area contributed by atoms with Gasteiger partial charge in [-0.3, -0.25) is 4.79 Å². The first-order chi connectivity index (χ1) is 16.6. The van der Waals surface area contributed by atoms with Crippen molar-refractivity contribution in [2.45, 2.75) is 32.6 Å². The third kappa shape index (κ3) is 7.62. The molecule has 34 heavy (non-hydrogen) atoms. The third-order valence-corrected chi connectivity index (χ3v) is 5.23. The quantitative estimate of drug-likeness (QED) is 0.0985. The second-order valence-corrected chi connectivity index (χ2v) is 7.82. The summed E-state index contributed by atoms with van der Waals surface area (Å²) in [5.41, 5.74) is 1.75. The van der Waals surface area contributed by atoms with Crippen molar-refractivity contribution in [1.82, 2.24) is 0 Å². The number of carbonyl (C=O) groups excluding carboxylic acids is 2. The van der Waals surface area contributed by atoms with Crippen LogP contribution in [0, 0.1) is 0 Å². The molecule has 0 N–H and O–H groups in total. The van der Waals surface area contributed by atoms with Crippen LogP contribution in [0.25, 0.3) is 6.08 Å². The Morgan fingerprint density at radius 1 is 0.794 bits per heavy atom. The first-order valence-corrected chi connectivity index (χ1v) is 11.5. The number of ether oxygens (including phenoxy) is 3. The summed E-state index contributed by atoms with van der Waals surface area (Å²) in [5, 5.41) is 0. The molecule has 0 saturated carbocycles. The van der Waals surface area contributed by atoms with E-state index < -0.39 is 5.97 Å². The molecule has 3 aromatic carbocycles. The number of rotatable bonds is 12. The number of ketones is 1. The molecule has 0 spiro atoms. The van der Waals surface area contributed by atoms with Crippen LogP contribution in [0.3, 0.4) is 0 Å². The number of hydrogen-bond donors (Lipinski definition) is 0. The highest BCUT2D eigenvalue weighted by Crippen LogP contribution is 2.19. The molecule has 0 radical (unpaired) electrons. The Morgan fingerprint density at radius 2 is 1.50 bits per heavy atom. The van der Waals surface area contributed by atoms with Gasteiger partial charge in [0.25, 0.3) is 0 Å². The SMILES string of the molecule is CCCCCCOc1ccc(C(=O)Oc2cccc(/C=C/C(=O)c3ccc(OC)cc3)c2)cc1. The molecule has 5 nitrogen and oxygen atoms in total. The van der Waals surface area contributed by atoms with Gasteiger partial charge in [-0.15, -0.1) is 0 Å². The lowest BCUT2D eigenvalue weighted by Gasteiger charge is -2.08. The first-order valence-electron chi connectivity index (χ1n) is 11.5. The van der Waals surface area contributed by atoms with Crippen molar-refractivity contribution in [3.8, 4) is 17.2 Å². The zero-order chi connectivity index (χ0) is 24.2. The summed E-state index contributed by atoms with van der Waals surface area (Å²) in [7, 11) is 1.58. The van der Waals surface area contributed by atoms with Gasteiger partial charge in [0.2, 0.25) is 0 Å². The number of allylic oxidation sites excluding steroid dienone is 1. The molecule has 0 aromatic heterocycles. The molecule has 0 heterocycles. The Balaban J connectivity index is 1.55. The van der Waals surface area contributed by atoms with E-state index >= 15 is 0 Å². The highest BCUT2D eigenvalue weighted by Gasteiger charge is 2.09. The van der Waals surface area contributed by atoms with Gasteiger partial charge in [-0.25, -0.2) is 4.79 Å². The molecule has 0 atom stereocenters. The van der Waals surface area contributed by atoms with Crippen LogP contribution in [0.5, 0.6) is 17.2 Å². The molecule has 3 aromatic rings. The number of esters is 1. The summed E-state index contributed by atoms with van der Waals surface area (Å²) >= 11 is 0. The highest BCUT2D eigenvalue weighted by molar-refractivity contribution is 6.06. The molecule has 5 heteroatoms. The van der Waals surface area contributed by atoms with E-state index in [-0.39, 0.29) is 5.78 Å². The van der Waals surface area contributed by atoms with Crippen molar-refractivity contribution in [2.24, 2.45) is 0 Å². The summed E-state index contributed by atoms with van der Waals surface area (Å²) in [4.78, 5) is 24.9. The van der Waals surface area contributed by atoms with Gasteiger partial charge in [-0.1, -0.05) is 44.4 Å². The van der Waals surface area contributed by atoms with Crippen molar-refractivity contribution < 1.29 is 23.8 Å². The Labute approximate surface area is 201 Å². The molecular formula is C29H30O5. The van der Waals surface area contributed by atoms with E-state index in [4.69, 9.17) is 14.2 Å². The molecule has 0 saturated heterocycles. The van der Waals surface area contributed by atoms with Crippen LogP contribution in [0.1, 0.15) is 58.9 Å². The lowest BCUT2D eigenvalue weighted by atomic mass is 10.1. The lowest BCUT2D eigenvalue weighted by Crippen LogP contribution is -2.08. The fourth-order valence-corrected chi connectivity index (χ4v) is 3.28. The van der Waals surface area contributed by atoms with Crippen molar-refractivity contribution in [1.29, 1.82) is 0 Å². The van der Waals surface area contributed by atoms with E-state index in [1.54, 1.807) is 79.9 Å². The topological polar surface area (TPSA) is 61.8 Å². The van der Waals surface area contributed by atoms with Gasteiger partial charge in [-0.05, 0) is 78.7 Å². The summed E-state index contributed by atoms with van der Waals surface area (Å²) in [6.45, 7) is 2.85. The molecule has 0 amide bonds. The molecular weight excluding hydrogens is 428 g/mol. The van der Waals surface area contributed by atoms with Crippen molar-refractivity contribution in [2.75, 3.05) is 13.7 Å². The van der Waals surface area contributed by atoms with Gasteiger partial charge < -0.3 is 14.2 Å². The van der Waals surface area contributed by atoms with Gasteiger partial charge in [0.05, 0.1) is 19.3 Å². The normalized spacial score (nSPS) is 10.8. The van der Waals surface area contributed by atoms with Crippen molar-refractivity contribution in [3.63, 3.8) is 0 Å². The summed E-state index contributed by atoms with van der Waals surface area (Å²) < 4.78 is 16.3. The van der Waals surface area contributed by atoms with Gasteiger partial charge >= 0.3 is 5.97 Å². The predicted molar refractivity (Wildman–Crippen MR) is 134 cm³/mol. The zero-order valence-electron chi connectivity index (χ0n) is 19.7. The Kier molecular flexibility index (Phi) is 9.47. The molecule has 0 aliphatic carbocycles. The number of carbonyl (C=O) groups is 2. The maximum Gasteiger partial charge on any atom is 0.343 e. The summed E-state index contributed by atoms with van der Waals surface area (Å²) in [5.74, 6) is 1.25. The van der Waals surface area contributed by atoms with Gasteiger partial charge in [0, 0.05) is 5.56 Å². The molecule has 0 fully saturated rings. The van der Waals surface area contributed by atoms with Crippen LogP contribution < -0.4 is 14.2 Å². The van der Waals surface area contributed by atoms with Gasteiger partial charge in [-0.2, -0.15) is 0 Å². The minimum absolute atomic E-state index is 0.127. The number of unbranched alkanes of at least 4 members (excludes halogenated alkanes) is 3. The zero-order valence-corrected chi connectivity index (χ0v) is 19.7. The Morgan fingerprint density at radius 3 is 2.21 bits per heavy atom. The molecule has 3 rings (SSSR count). The molecule has 0 bridgehead atoms. The molecule has 176 valence electrons. The fraction of sp³-hybridized carbons (Fsp3) is 0.241. The van der Waals surface area contributed by atoms with Gasteiger partial charge in [0.15, 0.2) is 5.78 Å². The van der Waals surface area contributed by atoms with Crippen LogP contribution in [0.15, 0.2) is 78.9 Å². The van der Waals surface area contributed by atoms with E-state index in [1.807, 2.05) is 6.07 Å². The van der Waals surface area contributed by atoms with E-state index in [1.165, 1.54) is 18.9 Å². The van der Waals surface area contributed by atoms with Gasteiger partial charge in [0.1, 0.15) is 17.2 Å². The van der Waals surface area contributed by atoms with E-state index in [0.717, 1.165) is 24.2 Å². The average molecular weight is 459 g/mol. The highest BCUT2D eigenvalue weighted by atomic mass is 16.5. The van der Waals surface area contributed by atoms with E-state index in [9.17, 15) is 9.59 Å². The minimum Gasteiger partial charge on any atom is -0.497 e. The number of methoxy groups -OCH3 is 1. The van der Waals surface area contributed by atoms with E-state index in [0.29, 0.717) is 29.2 Å². The molecule has 0 aliphatic rings. The fourth-order valence-electron chi connectivity index (χ4n) is 3.28. The standard InChI is InChI=1S/C29H30O5/c1-3-4-5-6-20-33-26-17-13-24(14-18-26)29(31)34-27-9-7-8-22(21-27)10-19-28(30)23-11-15-25(32-2)16-12-23/h7-19,21H,3-6,20H2,1-2H3/b19-10+. The van der Waals surface area contributed by atoms with Crippen molar-refractivity contribution >= 4 is 17.8 Å². The Bertz CT molecular complexity index is 1100. The predicted octanol–water partition coefficient (Wildman–Crippen LogP) is 6.77.